The molecule has 0 fully saturated rings. The molecule has 4 rings (SSSR count). The number of nitrogens with zero attached hydrogens (tertiary/aromatic N) is 2. The van der Waals surface area contributed by atoms with E-state index in [1.165, 1.54) is 12.1 Å². The Bertz CT molecular complexity index is 1180. The molecule has 0 aliphatic carbocycles. The molecule has 3 aromatic heterocycles. The van der Waals surface area contributed by atoms with Crippen LogP contribution in [0.1, 0.15) is 32.9 Å². The monoisotopic (exact) mass is 413 g/mol. The molecule has 0 bridgehead atoms. The topological polar surface area (TPSA) is 60.1 Å². The summed E-state index contributed by atoms with van der Waals surface area (Å²) in [5.74, 6) is 0.382. The molecule has 8 heteroatoms. The van der Waals surface area contributed by atoms with Crippen LogP contribution >= 0.6 is 0 Å². The van der Waals surface area contributed by atoms with Crippen LogP contribution in [0.4, 0.5) is 13.2 Å². The molecule has 0 atom stereocenters. The third-order valence-corrected chi connectivity index (χ3v) is 4.77. The highest BCUT2D eigenvalue weighted by Crippen LogP contribution is 2.30. The lowest BCUT2D eigenvalue weighted by atomic mass is 10.1. The molecule has 1 N–H and O–H groups in total. The molecule has 4 aromatic rings. The number of halogens is 3. The fraction of sp³-hybridized carbons (Fsp3) is 0.182. The van der Waals surface area contributed by atoms with Gasteiger partial charge in [0, 0.05) is 37.6 Å². The summed E-state index contributed by atoms with van der Waals surface area (Å²) in [5, 5.41) is 2.86. The number of amides is 1. The van der Waals surface area contributed by atoms with Gasteiger partial charge in [-0.05, 0) is 42.3 Å². The molecule has 0 aliphatic heterocycles. The fourth-order valence-electron chi connectivity index (χ4n) is 3.28. The van der Waals surface area contributed by atoms with E-state index < -0.39 is 11.7 Å². The number of alkyl halides is 3. The zero-order valence-electron chi connectivity index (χ0n) is 16.0. The number of fused-ring (bicyclic) bond motifs is 1. The average molecular weight is 413 g/mol. The maximum absolute atomic E-state index is 12.8. The van der Waals surface area contributed by atoms with Gasteiger partial charge in [-0.1, -0.05) is 12.1 Å². The first-order valence-corrected chi connectivity index (χ1v) is 9.24. The first-order chi connectivity index (χ1) is 14.3. The van der Waals surface area contributed by atoms with Gasteiger partial charge >= 0.3 is 6.18 Å². The summed E-state index contributed by atoms with van der Waals surface area (Å²) < 4.78 is 45.9. The molecule has 154 valence electrons. The van der Waals surface area contributed by atoms with Crippen molar-refractivity contribution in [2.24, 2.45) is 0 Å². The summed E-state index contributed by atoms with van der Waals surface area (Å²) in [6.07, 6.45) is -1.10. The zero-order valence-corrected chi connectivity index (χ0v) is 16.0. The minimum atomic E-state index is -4.39. The van der Waals surface area contributed by atoms with E-state index in [-0.39, 0.29) is 12.5 Å². The number of aryl methyl sites for hydroxylation is 1. The quantitative estimate of drug-likeness (QED) is 0.504. The van der Waals surface area contributed by atoms with Gasteiger partial charge in [-0.15, -0.1) is 0 Å². The second kappa shape index (κ2) is 7.70. The van der Waals surface area contributed by atoms with Crippen molar-refractivity contribution in [3.63, 3.8) is 0 Å². The number of nitrogens with one attached hydrogen (secondary N) is 1. The van der Waals surface area contributed by atoms with Crippen LogP contribution in [0.2, 0.25) is 0 Å². The van der Waals surface area contributed by atoms with Crippen LogP contribution < -0.4 is 5.32 Å². The molecule has 1 amide bonds. The fourth-order valence-corrected chi connectivity index (χ4v) is 3.28. The number of rotatable bonds is 5. The molecular formula is C22H18F3N3O2. The normalized spacial score (nSPS) is 11.7. The minimum Gasteiger partial charge on any atom is -0.460 e. The highest BCUT2D eigenvalue weighted by Gasteiger charge is 2.30. The first-order valence-electron chi connectivity index (χ1n) is 9.24. The summed E-state index contributed by atoms with van der Waals surface area (Å²) in [7, 11) is 0. The Labute approximate surface area is 170 Å². The SMILES string of the molecule is Cc1cc2c(cc(C(=O)NCc3ccncc3)n2Cc2ccc(C(F)(F)F)cc2)o1. The van der Waals surface area contributed by atoms with Crippen molar-refractivity contribution in [3.05, 3.63) is 89.1 Å². The molecule has 30 heavy (non-hydrogen) atoms. The predicted molar refractivity (Wildman–Crippen MR) is 105 cm³/mol. The van der Waals surface area contributed by atoms with E-state index in [0.29, 0.717) is 34.7 Å². The largest absolute Gasteiger partial charge is 0.460 e. The average Bonchev–Trinajstić information content (AvgIpc) is 3.24. The third kappa shape index (κ3) is 4.07. The van der Waals surface area contributed by atoms with Gasteiger partial charge in [0.25, 0.3) is 5.91 Å². The second-order valence-electron chi connectivity index (χ2n) is 6.96. The number of benzene rings is 1. The molecule has 0 spiro atoms. The van der Waals surface area contributed by atoms with Gasteiger partial charge in [-0.25, -0.2) is 0 Å². The van der Waals surface area contributed by atoms with Crippen LogP contribution in [0.5, 0.6) is 0 Å². The number of hydrogen-bond acceptors (Lipinski definition) is 3. The zero-order chi connectivity index (χ0) is 21.3. The number of furan rings is 1. The summed E-state index contributed by atoms with van der Waals surface area (Å²) in [6.45, 7) is 2.36. The Balaban J connectivity index is 1.62. The van der Waals surface area contributed by atoms with Gasteiger partial charge in [0.05, 0.1) is 11.1 Å². The Morgan fingerprint density at radius 1 is 1.07 bits per heavy atom. The van der Waals surface area contributed by atoms with Gasteiger partial charge in [-0.3, -0.25) is 9.78 Å². The molecule has 0 saturated carbocycles. The Kier molecular flexibility index (Phi) is 5.07. The van der Waals surface area contributed by atoms with Crippen molar-refractivity contribution in [3.8, 4) is 0 Å². The lowest BCUT2D eigenvalue weighted by Gasteiger charge is -2.12. The van der Waals surface area contributed by atoms with Gasteiger partial charge in [0.15, 0.2) is 5.58 Å². The second-order valence-corrected chi connectivity index (χ2v) is 6.96. The van der Waals surface area contributed by atoms with E-state index in [2.05, 4.69) is 10.3 Å². The minimum absolute atomic E-state index is 0.235. The van der Waals surface area contributed by atoms with Crippen LogP contribution in [0.3, 0.4) is 0 Å². The van der Waals surface area contributed by atoms with E-state index >= 15 is 0 Å². The van der Waals surface area contributed by atoms with Gasteiger partial charge < -0.3 is 14.3 Å². The van der Waals surface area contributed by atoms with Gasteiger partial charge in [0.2, 0.25) is 0 Å². The molecular weight excluding hydrogens is 395 g/mol. The van der Waals surface area contributed by atoms with Crippen molar-refractivity contribution in [1.29, 1.82) is 0 Å². The smallest absolute Gasteiger partial charge is 0.416 e. The van der Waals surface area contributed by atoms with Crippen LogP contribution in [0.25, 0.3) is 11.1 Å². The van der Waals surface area contributed by atoms with Crippen LogP contribution in [-0.4, -0.2) is 15.5 Å². The van der Waals surface area contributed by atoms with Crippen molar-refractivity contribution < 1.29 is 22.4 Å². The predicted octanol–water partition coefficient (Wildman–Crippen LogP) is 4.93. The lowest BCUT2D eigenvalue weighted by molar-refractivity contribution is -0.137. The number of pyridine rings is 1. The standard InChI is InChI=1S/C22H18F3N3O2/c1-14-10-18-20(30-14)11-19(21(29)27-12-15-6-8-26-9-7-15)28(18)13-16-2-4-17(5-3-16)22(23,24)25/h2-11H,12-13H2,1H3,(H,27,29). The van der Waals surface area contributed by atoms with Crippen molar-refractivity contribution in [2.75, 3.05) is 0 Å². The van der Waals surface area contributed by atoms with E-state index in [1.807, 2.05) is 0 Å². The Morgan fingerprint density at radius 3 is 2.43 bits per heavy atom. The van der Waals surface area contributed by atoms with E-state index in [4.69, 9.17) is 4.42 Å². The van der Waals surface area contributed by atoms with Crippen molar-refractivity contribution >= 4 is 17.0 Å². The Hall–Kier alpha value is -3.55. The summed E-state index contributed by atoms with van der Waals surface area (Å²) in [4.78, 5) is 16.8. The highest BCUT2D eigenvalue weighted by molar-refractivity contribution is 5.97. The number of carbonyl (C=O) groups is 1. The number of aromatic nitrogens is 2. The third-order valence-electron chi connectivity index (χ3n) is 4.77. The highest BCUT2D eigenvalue weighted by atomic mass is 19.4. The van der Waals surface area contributed by atoms with Crippen molar-refractivity contribution in [1.82, 2.24) is 14.9 Å². The van der Waals surface area contributed by atoms with Crippen molar-refractivity contribution in [2.45, 2.75) is 26.2 Å². The van der Waals surface area contributed by atoms with Crippen LogP contribution in [-0.2, 0) is 19.3 Å². The molecule has 1 aromatic carbocycles. The molecule has 0 radical (unpaired) electrons. The molecule has 5 nitrogen and oxygen atoms in total. The maximum atomic E-state index is 12.8. The number of carbonyl (C=O) groups excluding carboxylic acids is 1. The summed E-state index contributed by atoms with van der Waals surface area (Å²) in [5.41, 5.74) is 2.47. The lowest BCUT2D eigenvalue weighted by Crippen LogP contribution is -2.25. The van der Waals surface area contributed by atoms with E-state index in [0.717, 1.165) is 17.7 Å². The molecule has 3 heterocycles. The summed E-state index contributed by atoms with van der Waals surface area (Å²) >= 11 is 0. The van der Waals surface area contributed by atoms with Crippen LogP contribution in [0, 0.1) is 6.92 Å². The molecule has 0 aliphatic rings. The maximum Gasteiger partial charge on any atom is 0.416 e. The van der Waals surface area contributed by atoms with E-state index in [1.54, 1.807) is 48.1 Å². The Morgan fingerprint density at radius 2 is 1.77 bits per heavy atom. The summed E-state index contributed by atoms with van der Waals surface area (Å²) in [6, 6.07) is 12.0. The van der Waals surface area contributed by atoms with Gasteiger partial charge in [0.1, 0.15) is 11.5 Å². The van der Waals surface area contributed by atoms with E-state index in [9.17, 15) is 18.0 Å². The first kappa shape index (κ1) is 19.8. The molecule has 0 unspecified atom stereocenters. The van der Waals surface area contributed by atoms with Gasteiger partial charge in [-0.2, -0.15) is 13.2 Å². The number of hydrogen-bond donors (Lipinski definition) is 1. The van der Waals surface area contributed by atoms with Crippen LogP contribution in [0.15, 0.2) is 65.3 Å². The molecule has 0 saturated heterocycles.